The van der Waals surface area contributed by atoms with E-state index in [2.05, 4.69) is 29.6 Å². The number of nitrogens with two attached hydrogens (primary N) is 1. The van der Waals surface area contributed by atoms with Gasteiger partial charge in [-0.2, -0.15) is 0 Å². The average molecular weight is 288 g/mol. The quantitative estimate of drug-likeness (QED) is 0.887. The minimum absolute atomic E-state index is 0.00486. The molecule has 2 aliphatic rings. The van der Waals surface area contributed by atoms with Crippen LogP contribution in [0.25, 0.3) is 0 Å². The molecule has 1 saturated carbocycles. The van der Waals surface area contributed by atoms with Crippen molar-refractivity contribution in [2.45, 2.75) is 49.7 Å². The molecule has 3 N–H and O–H groups in total. The maximum Gasteiger partial charge on any atom is 0.252 e. The number of fused-ring (bicyclic) bond motifs is 1. The van der Waals surface area contributed by atoms with Crippen molar-refractivity contribution in [1.29, 1.82) is 0 Å². The lowest BCUT2D eigenvalue weighted by atomic mass is 9.75. The van der Waals surface area contributed by atoms with E-state index in [1.54, 1.807) is 7.11 Å². The molecule has 3 rings (SSSR count). The van der Waals surface area contributed by atoms with Gasteiger partial charge in [0.15, 0.2) is 0 Å². The molecular formula is C17H24N2O2. The van der Waals surface area contributed by atoms with E-state index in [1.165, 1.54) is 17.5 Å². The van der Waals surface area contributed by atoms with E-state index in [4.69, 9.17) is 10.5 Å². The smallest absolute Gasteiger partial charge is 0.252 e. The summed E-state index contributed by atoms with van der Waals surface area (Å²) in [5.41, 5.74) is 7.94. The second-order valence-electron chi connectivity index (χ2n) is 6.36. The number of methoxy groups -OCH3 is 1. The first kappa shape index (κ1) is 14.5. The number of carbonyl (C=O) groups is 1. The van der Waals surface area contributed by atoms with E-state index >= 15 is 0 Å². The third-order valence-corrected chi connectivity index (χ3v) is 4.99. The molecule has 1 unspecified atom stereocenters. The molecule has 114 valence electrons. The zero-order valence-corrected chi connectivity index (χ0v) is 12.6. The van der Waals surface area contributed by atoms with Gasteiger partial charge in [-0.05, 0) is 30.4 Å². The summed E-state index contributed by atoms with van der Waals surface area (Å²) in [4.78, 5) is 12.4. The van der Waals surface area contributed by atoms with Gasteiger partial charge in [0.05, 0.1) is 0 Å². The lowest BCUT2D eigenvalue weighted by molar-refractivity contribution is -0.156. The Morgan fingerprint density at radius 3 is 2.90 bits per heavy atom. The summed E-state index contributed by atoms with van der Waals surface area (Å²) in [6.07, 6.45) is 4.72. The van der Waals surface area contributed by atoms with Gasteiger partial charge in [0.2, 0.25) is 0 Å². The predicted molar refractivity (Wildman–Crippen MR) is 82.1 cm³/mol. The molecule has 0 aliphatic heterocycles. The van der Waals surface area contributed by atoms with Crippen molar-refractivity contribution in [2.24, 2.45) is 5.73 Å². The molecule has 0 heterocycles. The van der Waals surface area contributed by atoms with Crippen LogP contribution in [0.2, 0.25) is 0 Å². The molecule has 1 atom stereocenters. The highest BCUT2D eigenvalue weighted by Gasteiger charge is 2.49. The zero-order valence-electron chi connectivity index (χ0n) is 12.6. The summed E-state index contributed by atoms with van der Waals surface area (Å²) in [5.74, 6) is 0.413. The molecule has 21 heavy (non-hydrogen) atoms. The standard InChI is InChI=1S/C17H24N2O2/c1-21-17(9-14(18)10-17)16(20)19-11-13-7-4-6-12-5-2-3-8-15(12)13/h2-3,5,8,13-14H,4,6-7,9-11,18H2,1H3,(H,19,20). The van der Waals surface area contributed by atoms with Crippen LogP contribution >= 0.6 is 0 Å². The van der Waals surface area contributed by atoms with Crippen LogP contribution in [-0.2, 0) is 16.0 Å². The first-order valence-electron chi connectivity index (χ1n) is 7.81. The van der Waals surface area contributed by atoms with Gasteiger partial charge in [-0.25, -0.2) is 0 Å². The van der Waals surface area contributed by atoms with Gasteiger partial charge in [-0.1, -0.05) is 24.3 Å². The number of aryl methyl sites for hydroxylation is 1. The number of hydrogen-bond donors (Lipinski definition) is 2. The maximum absolute atomic E-state index is 12.4. The number of amides is 1. The number of ether oxygens (including phenoxy) is 1. The summed E-state index contributed by atoms with van der Waals surface area (Å²) in [5, 5.41) is 3.09. The van der Waals surface area contributed by atoms with E-state index in [1.807, 2.05) is 0 Å². The Kier molecular flexibility index (Phi) is 4.00. The SMILES string of the molecule is COC1(C(=O)NCC2CCCc3ccccc32)CC(N)C1. The Balaban J connectivity index is 1.62. The van der Waals surface area contributed by atoms with Crippen LogP contribution in [0.3, 0.4) is 0 Å². The van der Waals surface area contributed by atoms with Gasteiger partial charge in [0.25, 0.3) is 5.91 Å². The highest BCUT2D eigenvalue weighted by atomic mass is 16.5. The molecule has 1 aromatic carbocycles. The third-order valence-electron chi connectivity index (χ3n) is 4.99. The Labute approximate surface area is 126 Å². The van der Waals surface area contributed by atoms with Gasteiger partial charge in [-0.15, -0.1) is 0 Å². The largest absolute Gasteiger partial charge is 0.368 e. The van der Waals surface area contributed by atoms with Crippen LogP contribution in [0.4, 0.5) is 0 Å². The van der Waals surface area contributed by atoms with Crippen LogP contribution in [0.1, 0.15) is 42.7 Å². The van der Waals surface area contributed by atoms with E-state index < -0.39 is 5.60 Å². The molecule has 4 heteroatoms. The first-order chi connectivity index (χ1) is 10.1. The van der Waals surface area contributed by atoms with Gasteiger partial charge < -0.3 is 15.8 Å². The van der Waals surface area contributed by atoms with Crippen LogP contribution in [0.5, 0.6) is 0 Å². The number of rotatable bonds is 4. The minimum Gasteiger partial charge on any atom is -0.368 e. The van der Waals surface area contributed by atoms with Crippen molar-refractivity contribution in [3.05, 3.63) is 35.4 Å². The minimum atomic E-state index is -0.687. The Hall–Kier alpha value is -1.39. The summed E-state index contributed by atoms with van der Waals surface area (Å²) < 4.78 is 5.42. The van der Waals surface area contributed by atoms with Crippen LogP contribution < -0.4 is 11.1 Å². The molecule has 0 saturated heterocycles. The molecule has 1 aromatic rings. The summed E-state index contributed by atoms with van der Waals surface area (Å²) in [6, 6.07) is 8.66. The molecule has 1 amide bonds. The monoisotopic (exact) mass is 288 g/mol. The molecule has 4 nitrogen and oxygen atoms in total. The van der Waals surface area contributed by atoms with E-state index in [0.29, 0.717) is 25.3 Å². The maximum atomic E-state index is 12.4. The first-order valence-corrected chi connectivity index (χ1v) is 7.81. The molecule has 0 spiro atoms. The van der Waals surface area contributed by atoms with Crippen LogP contribution in [0.15, 0.2) is 24.3 Å². The van der Waals surface area contributed by atoms with Crippen molar-refractivity contribution in [3.8, 4) is 0 Å². The highest BCUT2D eigenvalue weighted by Crippen LogP contribution is 2.35. The number of carbonyl (C=O) groups excluding carboxylic acids is 1. The Bertz CT molecular complexity index is 523. The number of hydrogen-bond acceptors (Lipinski definition) is 3. The van der Waals surface area contributed by atoms with Crippen molar-refractivity contribution in [2.75, 3.05) is 13.7 Å². The van der Waals surface area contributed by atoms with E-state index in [0.717, 1.165) is 12.8 Å². The second-order valence-corrected chi connectivity index (χ2v) is 6.36. The van der Waals surface area contributed by atoms with Gasteiger partial charge >= 0.3 is 0 Å². The number of nitrogens with one attached hydrogen (secondary N) is 1. The van der Waals surface area contributed by atoms with Gasteiger partial charge in [0.1, 0.15) is 5.60 Å². The topological polar surface area (TPSA) is 64.3 Å². The van der Waals surface area contributed by atoms with Crippen molar-refractivity contribution >= 4 is 5.91 Å². The second kappa shape index (κ2) is 5.78. The fraction of sp³-hybridized carbons (Fsp3) is 0.588. The molecule has 1 fully saturated rings. The molecule has 0 aromatic heterocycles. The normalized spacial score (nSPS) is 31.1. The van der Waals surface area contributed by atoms with E-state index in [9.17, 15) is 4.79 Å². The summed E-state index contributed by atoms with van der Waals surface area (Å²) in [7, 11) is 1.60. The van der Waals surface area contributed by atoms with Crippen LogP contribution in [0, 0.1) is 0 Å². The molecule has 0 radical (unpaired) electrons. The summed E-state index contributed by atoms with van der Waals surface area (Å²) >= 11 is 0. The average Bonchev–Trinajstić information content (AvgIpc) is 2.49. The zero-order chi connectivity index (χ0) is 14.9. The Morgan fingerprint density at radius 1 is 1.43 bits per heavy atom. The highest BCUT2D eigenvalue weighted by molar-refractivity contribution is 5.86. The molecule has 2 aliphatic carbocycles. The van der Waals surface area contributed by atoms with Gasteiger partial charge in [-0.3, -0.25) is 4.79 Å². The number of benzene rings is 1. The molecule has 0 bridgehead atoms. The fourth-order valence-corrected chi connectivity index (χ4v) is 3.68. The summed E-state index contributed by atoms with van der Waals surface area (Å²) in [6.45, 7) is 0.691. The lowest BCUT2D eigenvalue weighted by Crippen LogP contribution is -2.61. The van der Waals surface area contributed by atoms with Crippen LogP contribution in [-0.4, -0.2) is 31.2 Å². The lowest BCUT2D eigenvalue weighted by Gasteiger charge is -2.43. The predicted octanol–water partition coefficient (Wildman–Crippen LogP) is 1.73. The Morgan fingerprint density at radius 2 is 2.19 bits per heavy atom. The van der Waals surface area contributed by atoms with Crippen molar-refractivity contribution in [3.63, 3.8) is 0 Å². The molecular weight excluding hydrogens is 264 g/mol. The fourth-order valence-electron chi connectivity index (χ4n) is 3.68. The van der Waals surface area contributed by atoms with E-state index in [-0.39, 0.29) is 11.9 Å². The van der Waals surface area contributed by atoms with Crippen molar-refractivity contribution < 1.29 is 9.53 Å². The van der Waals surface area contributed by atoms with Gasteiger partial charge in [0, 0.05) is 38.5 Å². The van der Waals surface area contributed by atoms with Crippen molar-refractivity contribution in [1.82, 2.24) is 5.32 Å². The third kappa shape index (κ3) is 2.70.